The first kappa shape index (κ1) is 17.7. The van der Waals surface area contributed by atoms with E-state index in [1.807, 2.05) is 36.7 Å². The van der Waals surface area contributed by atoms with Crippen molar-refractivity contribution in [2.75, 3.05) is 0 Å². The van der Waals surface area contributed by atoms with Gasteiger partial charge in [0.2, 0.25) is 0 Å². The van der Waals surface area contributed by atoms with Crippen molar-refractivity contribution in [1.82, 2.24) is 0 Å². The smallest absolute Gasteiger partial charge is 0.00934 e. The second-order valence-corrected chi connectivity index (χ2v) is 3.34. The van der Waals surface area contributed by atoms with Gasteiger partial charge < -0.3 is 0 Å². The van der Waals surface area contributed by atoms with Gasteiger partial charge in [-0.2, -0.15) is 11.3 Å². The molecule has 1 aromatic rings. The molecule has 0 aliphatic carbocycles. The van der Waals surface area contributed by atoms with Gasteiger partial charge >= 0.3 is 0 Å². The SMILES string of the molecule is C.CC.CC(C)C.c1ccsc1. The number of hydrogen-bond donors (Lipinski definition) is 0. The van der Waals surface area contributed by atoms with E-state index in [4.69, 9.17) is 0 Å². The summed E-state index contributed by atoms with van der Waals surface area (Å²) in [7, 11) is 0. The second kappa shape index (κ2) is 17.0. The lowest BCUT2D eigenvalue weighted by atomic mass is 10.3. The molecule has 0 N–H and O–H groups in total. The van der Waals surface area contributed by atoms with Crippen molar-refractivity contribution in [1.29, 1.82) is 0 Å². The fourth-order valence-electron chi connectivity index (χ4n) is 0.227. The third-order valence-corrected chi connectivity index (χ3v) is 1.05. The van der Waals surface area contributed by atoms with Gasteiger partial charge in [0.05, 0.1) is 0 Å². The number of rotatable bonds is 0. The van der Waals surface area contributed by atoms with Crippen LogP contribution in [-0.4, -0.2) is 0 Å². The van der Waals surface area contributed by atoms with Crippen molar-refractivity contribution in [3.8, 4) is 0 Å². The van der Waals surface area contributed by atoms with Crippen molar-refractivity contribution < 1.29 is 0 Å². The molecule has 1 heteroatoms. The van der Waals surface area contributed by atoms with Crippen molar-refractivity contribution in [3.63, 3.8) is 0 Å². The first-order valence-corrected chi connectivity index (χ1v) is 5.15. The summed E-state index contributed by atoms with van der Waals surface area (Å²) in [5, 5.41) is 4.08. The highest BCUT2D eigenvalue weighted by molar-refractivity contribution is 7.07. The van der Waals surface area contributed by atoms with Crippen LogP contribution in [0.15, 0.2) is 22.9 Å². The average Bonchev–Trinajstić information content (AvgIpc) is 2.44. The summed E-state index contributed by atoms with van der Waals surface area (Å²) in [5.41, 5.74) is 0. The summed E-state index contributed by atoms with van der Waals surface area (Å²) in [5.74, 6) is 0.833. The van der Waals surface area contributed by atoms with Gasteiger partial charge in [0.1, 0.15) is 0 Å². The molecule has 0 bridgehead atoms. The van der Waals surface area contributed by atoms with Gasteiger partial charge in [-0.15, -0.1) is 0 Å². The zero-order chi connectivity index (χ0) is 9.11. The van der Waals surface area contributed by atoms with Gasteiger partial charge in [-0.25, -0.2) is 0 Å². The molecule has 0 saturated heterocycles. The molecule has 0 fully saturated rings. The van der Waals surface area contributed by atoms with Crippen molar-refractivity contribution in [2.24, 2.45) is 5.92 Å². The second-order valence-electron chi connectivity index (χ2n) is 2.53. The van der Waals surface area contributed by atoms with Crippen molar-refractivity contribution in [2.45, 2.75) is 42.0 Å². The van der Waals surface area contributed by atoms with Crippen LogP contribution in [0.25, 0.3) is 0 Å². The fraction of sp³-hybridized carbons (Fsp3) is 0.636. The molecule has 0 aliphatic heterocycles. The van der Waals surface area contributed by atoms with E-state index < -0.39 is 0 Å². The van der Waals surface area contributed by atoms with Gasteiger partial charge in [0, 0.05) is 0 Å². The van der Waals surface area contributed by atoms with Gasteiger partial charge in [-0.05, 0) is 16.7 Å². The number of thiophene rings is 1. The molecule has 74 valence electrons. The van der Waals surface area contributed by atoms with Crippen LogP contribution < -0.4 is 0 Å². The Morgan fingerprint density at radius 2 is 1.17 bits per heavy atom. The maximum absolute atomic E-state index is 2.17. The Bertz CT molecular complexity index is 88.6. The Kier molecular flexibility index (Phi) is 25.0. The van der Waals surface area contributed by atoms with Crippen LogP contribution in [0.3, 0.4) is 0 Å². The van der Waals surface area contributed by atoms with Crippen LogP contribution in [0.4, 0.5) is 0 Å². The molecule has 1 aromatic heterocycles. The maximum atomic E-state index is 2.17. The highest BCUT2D eigenvalue weighted by atomic mass is 32.1. The molecule has 12 heavy (non-hydrogen) atoms. The van der Waals surface area contributed by atoms with Crippen LogP contribution in [0, 0.1) is 5.92 Å². The molecule has 0 radical (unpaired) electrons. The summed E-state index contributed by atoms with van der Waals surface area (Å²) < 4.78 is 0. The summed E-state index contributed by atoms with van der Waals surface area (Å²) in [6.07, 6.45) is 0. The molecule has 0 unspecified atom stereocenters. The van der Waals surface area contributed by atoms with Gasteiger partial charge in [0.25, 0.3) is 0 Å². The molecule has 0 atom stereocenters. The molecule has 0 amide bonds. The first-order chi connectivity index (χ1) is 5.23. The molecular formula is C11H24S. The fourth-order valence-corrected chi connectivity index (χ4v) is 0.680. The van der Waals surface area contributed by atoms with E-state index in [0.29, 0.717) is 0 Å². The molecule has 1 rings (SSSR count). The van der Waals surface area contributed by atoms with E-state index in [2.05, 4.69) is 20.8 Å². The van der Waals surface area contributed by atoms with E-state index in [-0.39, 0.29) is 7.43 Å². The van der Waals surface area contributed by atoms with E-state index in [1.54, 1.807) is 11.3 Å². The summed E-state index contributed by atoms with van der Waals surface area (Å²) >= 11 is 1.71. The molecule has 0 nitrogen and oxygen atoms in total. The van der Waals surface area contributed by atoms with E-state index in [1.165, 1.54) is 0 Å². The van der Waals surface area contributed by atoms with E-state index in [9.17, 15) is 0 Å². The average molecular weight is 188 g/mol. The summed E-state index contributed by atoms with van der Waals surface area (Å²) in [6, 6.07) is 4.04. The lowest BCUT2D eigenvalue weighted by molar-refractivity contribution is 0.737. The topological polar surface area (TPSA) is 0 Å². The zero-order valence-corrected chi connectivity index (χ0v) is 9.11. The lowest BCUT2D eigenvalue weighted by Gasteiger charge is -1.79. The van der Waals surface area contributed by atoms with Gasteiger partial charge in [-0.3, -0.25) is 0 Å². The van der Waals surface area contributed by atoms with Crippen LogP contribution in [0.5, 0.6) is 0 Å². The van der Waals surface area contributed by atoms with Crippen LogP contribution >= 0.6 is 11.3 Å². The Balaban J connectivity index is -0.000000107. The third kappa shape index (κ3) is 33.2. The Hall–Kier alpha value is -0.300. The maximum Gasteiger partial charge on any atom is -0.00934 e. The Labute approximate surface area is 82.6 Å². The number of hydrogen-bond acceptors (Lipinski definition) is 1. The minimum Gasteiger partial charge on any atom is -0.152 e. The monoisotopic (exact) mass is 188 g/mol. The van der Waals surface area contributed by atoms with Crippen molar-refractivity contribution >= 4 is 11.3 Å². The van der Waals surface area contributed by atoms with E-state index >= 15 is 0 Å². The normalized spacial score (nSPS) is 6.83. The Morgan fingerprint density at radius 3 is 1.25 bits per heavy atom. The van der Waals surface area contributed by atoms with Gasteiger partial charge in [0.15, 0.2) is 0 Å². The van der Waals surface area contributed by atoms with E-state index in [0.717, 1.165) is 5.92 Å². The third-order valence-electron chi connectivity index (χ3n) is 0.425. The van der Waals surface area contributed by atoms with Crippen molar-refractivity contribution in [3.05, 3.63) is 22.9 Å². The molecule has 0 saturated carbocycles. The highest BCUT2D eigenvalue weighted by Gasteiger charge is 1.68. The minimum absolute atomic E-state index is 0. The molecule has 0 spiro atoms. The van der Waals surface area contributed by atoms with Crippen LogP contribution in [-0.2, 0) is 0 Å². The predicted molar refractivity (Wildman–Crippen MR) is 62.9 cm³/mol. The molecule has 0 aliphatic rings. The standard InChI is InChI=1S/C4H4S.C4H10.C2H6.CH4/c1-2-4-5-3-1;1-4(2)3;1-2;/h1-4H;4H,1-3H3;1-2H3;1H4. The highest BCUT2D eigenvalue weighted by Crippen LogP contribution is 1.91. The van der Waals surface area contributed by atoms with Crippen LogP contribution in [0.1, 0.15) is 42.0 Å². The first-order valence-electron chi connectivity index (χ1n) is 4.20. The van der Waals surface area contributed by atoms with Gasteiger partial charge in [-0.1, -0.05) is 54.2 Å². The molecule has 1 heterocycles. The summed E-state index contributed by atoms with van der Waals surface area (Å²) in [6.45, 7) is 10.5. The lowest BCUT2D eigenvalue weighted by Crippen LogP contribution is -1.66. The minimum atomic E-state index is 0. The Morgan fingerprint density at radius 1 is 0.917 bits per heavy atom. The molecular weight excluding hydrogens is 164 g/mol. The quantitative estimate of drug-likeness (QED) is 0.533. The van der Waals surface area contributed by atoms with Crippen LogP contribution in [0.2, 0.25) is 0 Å². The summed E-state index contributed by atoms with van der Waals surface area (Å²) in [4.78, 5) is 0. The molecule has 0 aromatic carbocycles. The largest absolute Gasteiger partial charge is 0.152 e. The zero-order valence-electron chi connectivity index (χ0n) is 8.29. The predicted octanol–water partition coefficient (Wildman–Crippen LogP) is 5.07.